The Morgan fingerprint density at radius 2 is 1.62 bits per heavy atom. The van der Waals surface area contributed by atoms with Crippen molar-refractivity contribution in [3.63, 3.8) is 0 Å². The van der Waals surface area contributed by atoms with E-state index in [1.165, 1.54) is 6.07 Å². The van der Waals surface area contributed by atoms with E-state index in [0.29, 0.717) is 0 Å². The molecule has 1 aromatic carbocycles. The molecule has 2 N–H and O–H groups in total. The van der Waals surface area contributed by atoms with E-state index in [2.05, 4.69) is 4.98 Å². The number of aromatic nitrogens is 1. The summed E-state index contributed by atoms with van der Waals surface area (Å²) in [5, 5.41) is 6.89. The molecule has 82 valence electrons. The molecule has 0 atom stereocenters. The Balaban J connectivity index is 0.000000386. The van der Waals surface area contributed by atoms with E-state index in [4.69, 9.17) is 9.90 Å². The van der Waals surface area contributed by atoms with Gasteiger partial charge in [-0.15, -0.1) is 0 Å². The van der Waals surface area contributed by atoms with Crippen molar-refractivity contribution in [1.29, 1.82) is 0 Å². The average molecular weight is 217 g/mol. The van der Waals surface area contributed by atoms with Crippen molar-refractivity contribution in [3.8, 4) is 11.3 Å². The quantitative estimate of drug-likeness (QED) is 0.715. The Kier molecular flexibility index (Phi) is 4.53. The molecule has 4 nitrogen and oxygen atoms in total. The normalized spacial score (nSPS) is 8.75. The molecule has 0 bridgehead atoms. The fourth-order valence-electron chi connectivity index (χ4n) is 1.23. The number of carboxylic acid groups (broad SMARTS) is 1. The van der Waals surface area contributed by atoms with Gasteiger partial charge < -0.3 is 10.1 Å². The van der Waals surface area contributed by atoms with Crippen LogP contribution in [-0.4, -0.2) is 16.6 Å². The van der Waals surface area contributed by atoms with Crippen molar-refractivity contribution in [2.75, 3.05) is 0 Å². The fraction of sp³-hybridized carbons (Fsp3) is 0. The van der Waals surface area contributed by atoms with Gasteiger partial charge in [-0.25, -0.2) is 0 Å². The zero-order valence-corrected chi connectivity index (χ0v) is 8.46. The van der Waals surface area contributed by atoms with Crippen LogP contribution in [0.25, 0.3) is 11.3 Å². The molecule has 0 radical (unpaired) electrons. The summed E-state index contributed by atoms with van der Waals surface area (Å²) in [6.07, 6.45) is 0. The first-order valence-electron chi connectivity index (χ1n) is 4.60. The minimum absolute atomic E-state index is 0.0682. The van der Waals surface area contributed by atoms with Gasteiger partial charge in [0.05, 0.1) is 0 Å². The summed E-state index contributed by atoms with van der Waals surface area (Å²) < 4.78 is 0. The Morgan fingerprint density at radius 3 is 2.19 bits per heavy atom. The number of pyridine rings is 1. The second kappa shape index (κ2) is 6.19. The lowest BCUT2D eigenvalue weighted by atomic mass is 10.1. The van der Waals surface area contributed by atoms with Gasteiger partial charge in [-0.3, -0.25) is 9.59 Å². The SMILES string of the molecule is O=CO.O=c1cccc(-c2ccccc2)[nH]1. The van der Waals surface area contributed by atoms with Crippen molar-refractivity contribution >= 4 is 6.47 Å². The van der Waals surface area contributed by atoms with E-state index >= 15 is 0 Å². The molecule has 0 spiro atoms. The Bertz CT molecular complexity index is 491. The van der Waals surface area contributed by atoms with Crippen LogP contribution in [0.3, 0.4) is 0 Å². The molecule has 0 fully saturated rings. The summed E-state index contributed by atoms with van der Waals surface area (Å²) in [6, 6.07) is 14.9. The first-order valence-corrected chi connectivity index (χ1v) is 4.60. The van der Waals surface area contributed by atoms with Gasteiger partial charge in [0.15, 0.2) is 0 Å². The van der Waals surface area contributed by atoms with E-state index < -0.39 is 0 Å². The van der Waals surface area contributed by atoms with Gasteiger partial charge in [-0.2, -0.15) is 0 Å². The maximum atomic E-state index is 11.0. The average Bonchev–Trinajstić information content (AvgIpc) is 2.31. The van der Waals surface area contributed by atoms with Crippen LogP contribution in [0.5, 0.6) is 0 Å². The summed E-state index contributed by atoms with van der Waals surface area (Å²) in [5.41, 5.74) is 1.81. The lowest BCUT2D eigenvalue weighted by Crippen LogP contribution is -2.03. The van der Waals surface area contributed by atoms with Crippen LogP contribution < -0.4 is 5.56 Å². The van der Waals surface area contributed by atoms with Crippen molar-refractivity contribution in [3.05, 3.63) is 58.9 Å². The molecule has 2 aromatic rings. The van der Waals surface area contributed by atoms with E-state index in [1.54, 1.807) is 6.07 Å². The maximum absolute atomic E-state index is 11.0. The zero-order chi connectivity index (χ0) is 11.8. The second-order valence-electron chi connectivity index (χ2n) is 2.90. The molecule has 1 heterocycles. The van der Waals surface area contributed by atoms with Gasteiger partial charge in [0.1, 0.15) is 0 Å². The van der Waals surface area contributed by atoms with Crippen LogP contribution in [0.1, 0.15) is 0 Å². The number of nitrogens with one attached hydrogen (secondary N) is 1. The third kappa shape index (κ3) is 3.42. The topological polar surface area (TPSA) is 70.2 Å². The summed E-state index contributed by atoms with van der Waals surface area (Å²) in [7, 11) is 0. The summed E-state index contributed by atoms with van der Waals surface area (Å²) in [4.78, 5) is 22.1. The monoisotopic (exact) mass is 217 g/mol. The Hall–Kier alpha value is -2.36. The highest BCUT2D eigenvalue weighted by atomic mass is 16.3. The smallest absolute Gasteiger partial charge is 0.290 e. The summed E-state index contributed by atoms with van der Waals surface area (Å²) >= 11 is 0. The highest BCUT2D eigenvalue weighted by molar-refractivity contribution is 5.58. The van der Waals surface area contributed by atoms with E-state index in [0.717, 1.165) is 11.3 Å². The number of carbonyl (C=O) groups is 1. The van der Waals surface area contributed by atoms with Crippen molar-refractivity contribution in [2.45, 2.75) is 0 Å². The lowest BCUT2D eigenvalue weighted by Gasteiger charge is -1.98. The molecule has 0 unspecified atom stereocenters. The third-order valence-electron chi connectivity index (χ3n) is 1.85. The number of hydrogen-bond donors (Lipinski definition) is 2. The molecule has 0 amide bonds. The molecule has 0 saturated heterocycles. The van der Waals surface area contributed by atoms with Crippen LogP contribution in [0.2, 0.25) is 0 Å². The molecule has 0 saturated carbocycles. The maximum Gasteiger partial charge on any atom is 0.290 e. The Labute approximate surface area is 92.2 Å². The number of rotatable bonds is 1. The minimum Gasteiger partial charge on any atom is -0.483 e. The van der Waals surface area contributed by atoms with Gasteiger partial charge >= 0.3 is 0 Å². The summed E-state index contributed by atoms with van der Waals surface area (Å²) in [6.45, 7) is -0.250. The predicted molar refractivity (Wildman–Crippen MR) is 61.2 cm³/mol. The largest absolute Gasteiger partial charge is 0.483 e. The van der Waals surface area contributed by atoms with E-state index in [-0.39, 0.29) is 12.0 Å². The molecule has 16 heavy (non-hydrogen) atoms. The number of H-pyrrole nitrogens is 1. The van der Waals surface area contributed by atoms with Crippen molar-refractivity contribution in [2.24, 2.45) is 0 Å². The van der Waals surface area contributed by atoms with Gasteiger partial charge in [0.25, 0.3) is 6.47 Å². The van der Waals surface area contributed by atoms with Crippen LogP contribution in [0.15, 0.2) is 53.3 Å². The molecule has 0 aliphatic heterocycles. The van der Waals surface area contributed by atoms with Crippen LogP contribution in [0, 0.1) is 0 Å². The van der Waals surface area contributed by atoms with Crippen LogP contribution >= 0.6 is 0 Å². The van der Waals surface area contributed by atoms with Crippen LogP contribution in [-0.2, 0) is 4.79 Å². The van der Waals surface area contributed by atoms with Gasteiger partial charge in [0.2, 0.25) is 5.56 Å². The molecular weight excluding hydrogens is 206 g/mol. The molecule has 2 rings (SSSR count). The highest BCUT2D eigenvalue weighted by Gasteiger charge is 1.94. The van der Waals surface area contributed by atoms with Crippen LogP contribution in [0.4, 0.5) is 0 Å². The first kappa shape index (κ1) is 11.7. The number of hydrogen-bond acceptors (Lipinski definition) is 2. The van der Waals surface area contributed by atoms with E-state index in [1.807, 2.05) is 36.4 Å². The first-order chi connectivity index (χ1) is 7.77. The summed E-state index contributed by atoms with van der Waals surface area (Å²) in [5.74, 6) is 0. The Morgan fingerprint density at radius 1 is 1.00 bits per heavy atom. The fourth-order valence-corrected chi connectivity index (χ4v) is 1.23. The van der Waals surface area contributed by atoms with Crippen molar-refractivity contribution in [1.82, 2.24) is 4.98 Å². The van der Waals surface area contributed by atoms with E-state index in [9.17, 15) is 4.79 Å². The van der Waals surface area contributed by atoms with Gasteiger partial charge in [-0.05, 0) is 11.6 Å². The number of benzene rings is 1. The number of aromatic amines is 1. The molecule has 0 aliphatic carbocycles. The standard InChI is InChI=1S/C11H9NO.CH2O2/c13-11-8-4-7-10(12-11)9-5-2-1-3-6-9;2-1-3/h1-8H,(H,12,13);1H,(H,2,3). The minimum atomic E-state index is -0.250. The molecular formula is C12H11NO3. The second-order valence-corrected chi connectivity index (χ2v) is 2.90. The van der Waals surface area contributed by atoms with Crippen molar-refractivity contribution < 1.29 is 9.90 Å². The molecule has 0 aliphatic rings. The van der Waals surface area contributed by atoms with Gasteiger partial charge in [0, 0.05) is 11.8 Å². The highest BCUT2D eigenvalue weighted by Crippen LogP contribution is 2.13. The lowest BCUT2D eigenvalue weighted by molar-refractivity contribution is -0.122. The van der Waals surface area contributed by atoms with Gasteiger partial charge in [-0.1, -0.05) is 36.4 Å². The molecule has 4 heteroatoms. The molecule has 1 aromatic heterocycles. The predicted octanol–water partition coefficient (Wildman–Crippen LogP) is 1.74. The third-order valence-corrected chi connectivity index (χ3v) is 1.85. The zero-order valence-electron chi connectivity index (χ0n) is 8.46.